The molecule has 0 aromatic heterocycles. The van der Waals surface area contributed by atoms with Crippen LogP contribution in [0.15, 0.2) is 11.6 Å². The monoisotopic (exact) mass is 382 g/mol. The summed E-state index contributed by atoms with van der Waals surface area (Å²) in [7, 11) is 0. The van der Waals surface area contributed by atoms with Gasteiger partial charge in [0.15, 0.2) is 5.78 Å². The van der Waals surface area contributed by atoms with Crippen LogP contribution in [0.5, 0.6) is 0 Å². The molecule has 5 rings (SSSR count). The van der Waals surface area contributed by atoms with Crippen LogP contribution in [0, 0.1) is 52.8 Å². The largest absolute Gasteiger partial charge is 0.389 e. The van der Waals surface area contributed by atoms with Crippen molar-refractivity contribution < 1.29 is 15.0 Å². The lowest BCUT2D eigenvalue weighted by molar-refractivity contribution is -0.131. The second-order valence-electron chi connectivity index (χ2n) is 10.6. The van der Waals surface area contributed by atoms with Gasteiger partial charge in [-0.15, -0.1) is 0 Å². The Kier molecular flexibility index (Phi) is 4.53. The standard InChI is InChI=1S/C25H34O3/c1-24-11-9-19-18-10-13-25(28,12-8-16-2-3-16)14-17(18)4-5-20(19)21(24)6-7-22(24)23(27)15-26/h4,16,18-22,26,28H,2-3,5-7,9-11,13-15H2,1H3. The first-order valence-corrected chi connectivity index (χ1v) is 11.5. The van der Waals surface area contributed by atoms with Gasteiger partial charge in [-0.1, -0.05) is 30.4 Å². The molecule has 7 unspecified atom stereocenters. The summed E-state index contributed by atoms with van der Waals surface area (Å²) in [5, 5.41) is 20.4. The van der Waals surface area contributed by atoms with Crippen molar-refractivity contribution >= 4 is 5.78 Å². The Morgan fingerprint density at radius 2 is 1.96 bits per heavy atom. The second-order valence-corrected chi connectivity index (χ2v) is 10.6. The third-order valence-corrected chi connectivity index (χ3v) is 9.13. The number of ketones is 1. The maximum atomic E-state index is 12.3. The Hall–Kier alpha value is -1.11. The van der Waals surface area contributed by atoms with Crippen molar-refractivity contribution in [1.82, 2.24) is 0 Å². The average Bonchev–Trinajstić information content (AvgIpc) is 3.45. The fourth-order valence-electron chi connectivity index (χ4n) is 7.50. The molecular formula is C25H34O3. The molecule has 0 bridgehead atoms. The van der Waals surface area contributed by atoms with Crippen molar-refractivity contribution in [3.8, 4) is 11.8 Å². The molecule has 28 heavy (non-hydrogen) atoms. The van der Waals surface area contributed by atoms with E-state index in [2.05, 4.69) is 24.8 Å². The zero-order valence-corrected chi connectivity index (χ0v) is 17.1. The smallest absolute Gasteiger partial charge is 0.161 e. The normalized spacial score (nSPS) is 47.1. The second kappa shape index (κ2) is 6.71. The van der Waals surface area contributed by atoms with Gasteiger partial charge in [0.25, 0.3) is 0 Å². The summed E-state index contributed by atoms with van der Waals surface area (Å²) in [5.74, 6) is 9.80. The van der Waals surface area contributed by atoms with Gasteiger partial charge in [-0.25, -0.2) is 0 Å². The van der Waals surface area contributed by atoms with Crippen molar-refractivity contribution in [2.45, 2.75) is 76.7 Å². The molecule has 7 atom stereocenters. The van der Waals surface area contributed by atoms with Crippen molar-refractivity contribution in [3.63, 3.8) is 0 Å². The molecule has 0 saturated heterocycles. The van der Waals surface area contributed by atoms with E-state index in [1.54, 1.807) is 0 Å². The molecule has 0 aliphatic heterocycles. The molecule has 0 amide bonds. The van der Waals surface area contributed by atoms with Gasteiger partial charge in [0.1, 0.15) is 12.2 Å². The first-order valence-electron chi connectivity index (χ1n) is 11.5. The first kappa shape index (κ1) is 18.9. The number of carbonyl (C=O) groups excluding carboxylic acids is 1. The maximum Gasteiger partial charge on any atom is 0.161 e. The van der Waals surface area contributed by atoms with E-state index in [-0.39, 0.29) is 23.7 Å². The summed E-state index contributed by atoms with van der Waals surface area (Å²) in [6, 6.07) is 0. The van der Waals surface area contributed by atoms with Crippen LogP contribution in [0.1, 0.15) is 71.1 Å². The van der Waals surface area contributed by atoms with Gasteiger partial charge in [0.05, 0.1) is 0 Å². The van der Waals surface area contributed by atoms with E-state index in [4.69, 9.17) is 0 Å². The SMILES string of the molecule is CC12CCC3C4CCC(O)(C#CC5CC5)CC4=CCC3C1CCC2C(=O)CO. The van der Waals surface area contributed by atoms with E-state index >= 15 is 0 Å². The molecular weight excluding hydrogens is 348 g/mol. The summed E-state index contributed by atoms with van der Waals surface area (Å²) in [5.41, 5.74) is 0.745. The Bertz CT molecular complexity index is 753. The van der Waals surface area contributed by atoms with Crippen LogP contribution in [0.3, 0.4) is 0 Å². The zero-order valence-electron chi connectivity index (χ0n) is 17.1. The number of hydrogen-bond acceptors (Lipinski definition) is 3. The number of allylic oxidation sites excluding steroid dienone is 1. The minimum atomic E-state index is -0.799. The number of aliphatic hydroxyl groups excluding tert-OH is 1. The third kappa shape index (κ3) is 2.99. The Morgan fingerprint density at radius 1 is 1.14 bits per heavy atom. The molecule has 5 aliphatic rings. The fourth-order valence-corrected chi connectivity index (χ4v) is 7.50. The highest BCUT2D eigenvalue weighted by molar-refractivity contribution is 5.83. The maximum absolute atomic E-state index is 12.3. The highest BCUT2D eigenvalue weighted by Gasteiger charge is 2.57. The quantitative estimate of drug-likeness (QED) is 0.563. The Balaban J connectivity index is 1.35. The van der Waals surface area contributed by atoms with E-state index in [9.17, 15) is 15.0 Å². The summed E-state index contributed by atoms with van der Waals surface area (Å²) < 4.78 is 0. The van der Waals surface area contributed by atoms with Gasteiger partial charge in [0, 0.05) is 18.3 Å². The number of rotatable bonds is 2. The van der Waals surface area contributed by atoms with Crippen molar-refractivity contribution in [2.75, 3.05) is 6.61 Å². The highest BCUT2D eigenvalue weighted by Crippen LogP contribution is 2.63. The van der Waals surface area contributed by atoms with E-state index in [1.807, 2.05) is 0 Å². The third-order valence-electron chi connectivity index (χ3n) is 9.13. The van der Waals surface area contributed by atoms with E-state index in [0.717, 1.165) is 44.9 Å². The lowest BCUT2D eigenvalue weighted by Crippen LogP contribution is -2.48. The van der Waals surface area contributed by atoms with Crippen molar-refractivity contribution in [3.05, 3.63) is 11.6 Å². The van der Waals surface area contributed by atoms with Gasteiger partial charge in [-0.2, -0.15) is 0 Å². The predicted molar refractivity (Wildman–Crippen MR) is 108 cm³/mol. The minimum Gasteiger partial charge on any atom is -0.389 e. The summed E-state index contributed by atoms with van der Waals surface area (Å²) in [4.78, 5) is 12.3. The van der Waals surface area contributed by atoms with Crippen LogP contribution in [0.2, 0.25) is 0 Å². The van der Waals surface area contributed by atoms with Crippen LogP contribution >= 0.6 is 0 Å². The van der Waals surface area contributed by atoms with Gasteiger partial charge in [-0.05, 0) is 86.9 Å². The van der Waals surface area contributed by atoms with Gasteiger partial charge in [0.2, 0.25) is 0 Å². The van der Waals surface area contributed by atoms with Crippen LogP contribution in [0.25, 0.3) is 0 Å². The van der Waals surface area contributed by atoms with E-state index in [1.165, 1.54) is 24.8 Å². The van der Waals surface area contributed by atoms with E-state index in [0.29, 0.717) is 29.6 Å². The molecule has 3 nitrogen and oxygen atoms in total. The van der Waals surface area contributed by atoms with Gasteiger partial charge in [-0.3, -0.25) is 4.79 Å². The number of carbonyl (C=O) groups is 1. The highest BCUT2D eigenvalue weighted by atomic mass is 16.3. The molecule has 0 aromatic rings. The Labute approximate surface area is 169 Å². The van der Waals surface area contributed by atoms with E-state index < -0.39 is 5.60 Å². The first-order chi connectivity index (χ1) is 13.4. The predicted octanol–water partition coefficient (Wildman–Crippen LogP) is 3.88. The molecule has 4 fully saturated rings. The van der Waals surface area contributed by atoms with Crippen LogP contribution < -0.4 is 0 Å². The Morgan fingerprint density at radius 3 is 2.71 bits per heavy atom. The summed E-state index contributed by atoms with van der Waals surface area (Å²) >= 11 is 0. The van der Waals surface area contributed by atoms with Gasteiger partial charge >= 0.3 is 0 Å². The molecule has 3 heteroatoms. The molecule has 152 valence electrons. The number of aliphatic hydroxyl groups is 2. The molecule has 5 aliphatic carbocycles. The molecule has 2 N–H and O–H groups in total. The van der Waals surface area contributed by atoms with Crippen molar-refractivity contribution in [1.29, 1.82) is 0 Å². The molecule has 0 aromatic carbocycles. The van der Waals surface area contributed by atoms with Gasteiger partial charge < -0.3 is 10.2 Å². The van der Waals surface area contributed by atoms with Crippen LogP contribution in [-0.2, 0) is 4.79 Å². The average molecular weight is 383 g/mol. The zero-order chi connectivity index (χ0) is 19.5. The lowest BCUT2D eigenvalue weighted by atomic mass is 9.51. The molecule has 0 heterocycles. The molecule has 0 radical (unpaired) electrons. The number of Topliss-reactive ketones (excluding diaryl/α,β-unsaturated/α-hetero) is 1. The molecule has 0 spiro atoms. The summed E-state index contributed by atoms with van der Waals surface area (Å²) in [6.07, 6.45) is 13.0. The van der Waals surface area contributed by atoms with Crippen LogP contribution in [-0.4, -0.2) is 28.2 Å². The van der Waals surface area contributed by atoms with Crippen LogP contribution in [0.4, 0.5) is 0 Å². The number of hydrogen-bond donors (Lipinski definition) is 2. The topological polar surface area (TPSA) is 57.5 Å². The lowest BCUT2D eigenvalue weighted by Gasteiger charge is -2.54. The number of fused-ring (bicyclic) bond motifs is 5. The molecule has 4 saturated carbocycles. The minimum absolute atomic E-state index is 0.0583. The fraction of sp³-hybridized carbons (Fsp3) is 0.800. The summed E-state index contributed by atoms with van der Waals surface area (Å²) in [6.45, 7) is 2.03. The van der Waals surface area contributed by atoms with Crippen molar-refractivity contribution in [2.24, 2.45) is 40.9 Å².